The zero-order valence-corrected chi connectivity index (χ0v) is 11.8. The van der Waals surface area contributed by atoms with Gasteiger partial charge in [0.05, 0.1) is 17.5 Å². The topological polar surface area (TPSA) is 70.5 Å². The van der Waals surface area contributed by atoms with Gasteiger partial charge in [-0.25, -0.2) is 4.39 Å². The number of hydrogen-bond donors (Lipinski definition) is 1. The molecule has 0 aliphatic carbocycles. The number of hydrogen-bond acceptors (Lipinski definition) is 3. The SMILES string of the molecule is O=C(O)C[C@H]1CCCN1C(=O)c1cc(F)cc2cccnc12. The molecule has 0 bridgehead atoms. The Kier molecular flexibility index (Phi) is 3.75. The van der Waals surface area contributed by atoms with Gasteiger partial charge in [-0.1, -0.05) is 6.07 Å². The zero-order valence-electron chi connectivity index (χ0n) is 11.8. The van der Waals surface area contributed by atoms with Gasteiger partial charge in [0.2, 0.25) is 0 Å². The van der Waals surface area contributed by atoms with Gasteiger partial charge in [0.15, 0.2) is 0 Å². The van der Waals surface area contributed by atoms with Crippen molar-refractivity contribution in [1.82, 2.24) is 9.88 Å². The molecule has 1 fully saturated rings. The Hall–Kier alpha value is -2.50. The number of likely N-dealkylation sites (tertiary alicyclic amines) is 1. The van der Waals surface area contributed by atoms with Gasteiger partial charge in [0.1, 0.15) is 5.82 Å². The lowest BCUT2D eigenvalue weighted by atomic mass is 10.1. The number of aliphatic carboxylic acids is 1. The van der Waals surface area contributed by atoms with Crippen molar-refractivity contribution >= 4 is 22.8 Å². The Bertz CT molecular complexity index is 747. The van der Waals surface area contributed by atoms with E-state index in [4.69, 9.17) is 5.11 Å². The van der Waals surface area contributed by atoms with Crippen LogP contribution >= 0.6 is 0 Å². The number of rotatable bonds is 3. The first-order valence-electron chi connectivity index (χ1n) is 7.13. The number of nitrogens with zero attached hydrogens (tertiary/aromatic N) is 2. The van der Waals surface area contributed by atoms with E-state index in [0.717, 1.165) is 6.42 Å². The molecule has 22 heavy (non-hydrogen) atoms. The first kappa shape index (κ1) is 14.4. The lowest BCUT2D eigenvalue weighted by Crippen LogP contribution is -2.37. The second-order valence-electron chi connectivity index (χ2n) is 5.42. The number of fused-ring (bicyclic) bond motifs is 1. The minimum atomic E-state index is -0.938. The predicted molar refractivity (Wildman–Crippen MR) is 78.0 cm³/mol. The molecule has 1 N–H and O–H groups in total. The van der Waals surface area contributed by atoms with Crippen molar-refractivity contribution in [2.75, 3.05) is 6.54 Å². The molecule has 3 rings (SSSR count). The molecule has 0 spiro atoms. The Morgan fingerprint density at radius 1 is 1.41 bits per heavy atom. The highest BCUT2D eigenvalue weighted by Crippen LogP contribution is 2.26. The fraction of sp³-hybridized carbons (Fsp3) is 0.312. The molecule has 1 aliphatic heterocycles. The standard InChI is InChI=1S/C16H15FN2O3/c17-11-7-10-3-1-5-18-15(10)13(8-11)16(22)19-6-2-4-12(19)9-14(20)21/h1,3,5,7-8,12H,2,4,6,9H2,(H,20,21)/t12-/m1/s1. The van der Waals surface area contributed by atoms with Crippen molar-refractivity contribution in [3.63, 3.8) is 0 Å². The number of carbonyl (C=O) groups excluding carboxylic acids is 1. The Morgan fingerprint density at radius 3 is 3.00 bits per heavy atom. The number of benzene rings is 1. The van der Waals surface area contributed by atoms with Crippen LogP contribution in [0, 0.1) is 5.82 Å². The summed E-state index contributed by atoms with van der Waals surface area (Å²) in [7, 11) is 0. The van der Waals surface area contributed by atoms with Crippen molar-refractivity contribution in [3.05, 3.63) is 41.8 Å². The van der Waals surface area contributed by atoms with Gasteiger partial charge in [-0.05, 0) is 31.0 Å². The van der Waals surface area contributed by atoms with Gasteiger partial charge in [-0.15, -0.1) is 0 Å². The third kappa shape index (κ3) is 2.64. The molecule has 1 amide bonds. The number of carboxylic acids is 1. The summed E-state index contributed by atoms with van der Waals surface area (Å²) in [6.45, 7) is 0.488. The summed E-state index contributed by atoms with van der Waals surface area (Å²) in [4.78, 5) is 29.3. The van der Waals surface area contributed by atoms with E-state index in [1.807, 2.05) is 0 Å². The normalized spacial score (nSPS) is 17.9. The summed E-state index contributed by atoms with van der Waals surface area (Å²) in [6, 6.07) is 5.54. The second kappa shape index (κ2) is 5.71. The van der Waals surface area contributed by atoms with Crippen LogP contribution in [-0.4, -0.2) is 39.5 Å². The second-order valence-corrected chi connectivity index (χ2v) is 5.42. The van der Waals surface area contributed by atoms with Crippen LogP contribution < -0.4 is 0 Å². The van der Waals surface area contributed by atoms with Crippen molar-refractivity contribution in [2.45, 2.75) is 25.3 Å². The number of aromatic nitrogens is 1. The van der Waals surface area contributed by atoms with E-state index in [1.54, 1.807) is 18.3 Å². The summed E-state index contributed by atoms with van der Waals surface area (Å²) < 4.78 is 13.8. The smallest absolute Gasteiger partial charge is 0.305 e. The highest BCUT2D eigenvalue weighted by atomic mass is 19.1. The summed E-state index contributed by atoms with van der Waals surface area (Å²) in [6.07, 6.45) is 2.87. The molecule has 0 radical (unpaired) electrons. The molecule has 1 aromatic heterocycles. The molecule has 0 unspecified atom stereocenters. The van der Waals surface area contributed by atoms with Crippen LogP contribution in [0.15, 0.2) is 30.5 Å². The molecule has 0 saturated carbocycles. The number of amides is 1. The molecule has 1 aliphatic rings. The number of halogens is 1. The molecule has 5 nitrogen and oxygen atoms in total. The highest BCUT2D eigenvalue weighted by Gasteiger charge is 2.32. The summed E-state index contributed by atoms with van der Waals surface area (Å²) >= 11 is 0. The summed E-state index contributed by atoms with van der Waals surface area (Å²) in [5.74, 6) is -1.79. The van der Waals surface area contributed by atoms with Crippen LogP contribution in [-0.2, 0) is 4.79 Å². The van der Waals surface area contributed by atoms with E-state index in [1.165, 1.54) is 17.0 Å². The van der Waals surface area contributed by atoms with Crippen LogP contribution in [0.2, 0.25) is 0 Å². The van der Waals surface area contributed by atoms with Crippen LogP contribution in [0.5, 0.6) is 0 Å². The molecule has 6 heteroatoms. The largest absolute Gasteiger partial charge is 0.481 e. The Labute approximate surface area is 126 Å². The quantitative estimate of drug-likeness (QED) is 0.945. The minimum Gasteiger partial charge on any atom is -0.481 e. The van der Waals surface area contributed by atoms with E-state index in [9.17, 15) is 14.0 Å². The van der Waals surface area contributed by atoms with Crippen LogP contribution in [0.3, 0.4) is 0 Å². The molecule has 1 aromatic carbocycles. The fourth-order valence-electron chi connectivity index (χ4n) is 2.99. The first-order valence-corrected chi connectivity index (χ1v) is 7.13. The Balaban J connectivity index is 2.00. The average molecular weight is 302 g/mol. The molecule has 2 aromatic rings. The molecular weight excluding hydrogens is 287 g/mol. The molecular formula is C16H15FN2O3. The van der Waals surface area contributed by atoms with Crippen molar-refractivity contribution in [1.29, 1.82) is 0 Å². The third-order valence-electron chi connectivity index (χ3n) is 3.95. The van der Waals surface area contributed by atoms with Crippen LogP contribution in [0.1, 0.15) is 29.6 Å². The average Bonchev–Trinajstić information content (AvgIpc) is 2.92. The van der Waals surface area contributed by atoms with E-state index in [0.29, 0.717) is 23.9 Å². The lowest BCUT2D eigenvalue weighted by Gasteiger charge is -2.24. The van der Waals surface area contributed by atoms with Gasteiger partial charge in [-0.3, -0.25) is 14.6 Å². The van der Waals surface area contributed by atoms with Crippen LogP contribution in [0.25, 0.3) is 10.9 Å². The maximum Gasteiger partial charge on any atom is 0.305 e. The molecule has 2 heterocycles. The number of carboxylic acid groups (broad SMARTS) is 1. The zero-order chi connectivity index (χ0) is 15.7. The lowest BCUT2D eigenvalue weighted by molar-refractivity contribution is -0.137. The maximum absolute atomic E-state index is 13.8. The molecule has 1 atom stereocenters. The van der Waals surface area contributed by atoms with Crippen molar-refractivity contribution < 1.29 is 19.1 Å². The monoisotopic (exact) mass is 302 g/mol. The summed E-state index contributed by atoms with van der Waals surface area (Å²) in [5, 5.41) is 9.50. The van der Waals surface area contributed by atoms with Gasteiger partial charge in [0, 0.05) is 24.2 Å². The minimum absolute atomic E-state index is 0.0909. The van der Waals surface area contributed by atoms with E-state index < -0.39 is 11.8 Å². The summed E-state index contributed by atoms with van der Waals surface area (Å²) in [5.41, 5.74) is 0.628. The predicted octanol–water partition coefficient (Wildman–Crippen LogP) is 2.45. The molecule has 1 saturated heterocycles. The van der Waals surface area contributed by atoms with Gasteiger partial charge in [0.25, 0.3) is 5.91 Å². The third-order valence-corrected chi connectivity index (χ3v) is 3.95. The van der Waals surface area contributed by atoms with E-state index >= 15 is 0 Å². The fourth-order valence-corrected chi connectivity index (χ4v) is 2.99. The first-order chi connectivity index (χ1) is 10.6. The maximum atomic E-state index is 13.8. The molecule has 114 valence electrons. The van der Waals surface area contributed by atoms with Crippen molar-refractivity contribution in [2.24, 2.45) is 0 Å². The van der Waals surface area contributed by atoms with E-state index in [-0.39, 0.29) is 23.9 Å². The number of pyridine rings is 1. The van der Waals surface area contributed by atoms with Crippen molar-refractivity contribution in [3.8, 4) is 0 Å². The van der Waals surface area contributed by atoms with E-state index in [2.05, 4.69) is 4.98 Å². The van der Waals surface area contributed by atoms with Gasteiger partial charge in [-0.2, -0.15) is 0 Å². The number of carbonyl (C=O) groups is 2. The van der Waals surface area contributed by atoms with Crippen LogP contribution in [0.4, 0.5) is 4.39 Å². The Morgan fingerprint density at radius 2 is 2.23 bits per heavy atom. The van der Waals surface area contributed by atoms with Gasteiger partial charge >= 0.3 is 5.97 Å². The highest BCUT2D eigenvalue weighted by molar-refractivity contribution is 6.05. The van der Waals surface area contributed by atoms with Gasteiger partial charge < -0.3 is 10.0 Å².